The van der Waals surface area contributed by atoms with Crippen LogP contribution in [0.25, 0.3) is 11.1 Å². The number of amides is 1. The van der Waals surface area contributed by atoms with Crippen molar-refractivity contribution in [2.45, 2.75) is 44.1 Å². The third-order valence-corrected chi connectivity index (χ3v) is 7.77. The molecule has 4 nitrogen and oxygen atoms in total. The summed E-state index contributed by atoms with van der Waals surface area (Å²) in [6.45, 7) is 5.68. The van der Waals surface area contributed by atoms with E-state index in [2.05, 4.69) is 61.3 Å². The van der Waals surface area contributed by atoms with Crippen molar-refractivity contribution in [2.24, 2.45) is 0 Å². The number of rotatable bonds is 3. The van der Waals surface area contributed by atoms with Crippen molar-refractivity contribution in [1.29, 1.82) is 0 Å². The highest BCUT2D eigenvalue weighted by Crippen LogP contribution is 2.51. The largest absolute Gasteiger partial charge is 0.388 e. The molecule has 0 radical (unpaired) electrons. The van der Waals surface area contributed by atoms with Gasteiger partial charge in [-0.15, -0.1) is 11.3 Å². The van der Waals surface area contributed by atoms with Gasteiger partial charge in [0, 0.05) is 23.9 Å². The van der Waals surface area contributed by atoms with Crippen LogP contribution in [-0.4, -0.2) is 34.0 Å². The second-order valence-corrected chi connectivity index (χ2v) is 10.4. The van der Waals surface area contributed by atoms with Crippen molar-refractivity contribution >= 4 is 28.8 Å². The predicted octanol–water partition coefficient (Wildman–Crippen LogP) is 5.81. The first-order valence-electron chi connectivity index (χ1n) is 10.7. The van der Waals surface area contributed by atoms with E-state index in [0.717, 1.165) is 17.5 Å². The lowest BCUT2D eigenvalue weighted by molar-refractivity contribution is 0.0771. The Balaban J connectivity index is 1.47. The summed E-state index contributed by atoms with van der Waals surface area (Å²) < 4.78 is 0.383. The zero-order chi connectivity index (χ0) is 21.8. The summed E-state index contributed by atoms with van der Waals surface area (Å²) in [6.07, 6.45) is 0.992. The van der Waals surface area contributed by atoms with Crippen molar-refractivity contribution in [3.8, 4) is 11.1 Å². The number of aliphatic hydroxyl groups excluding tert-OH is 1. The maximum absolute atomic E-state index is 12.9. The first-order valence-corrected chi connectivity index (χ1v) is 12.0. The van der Waals surface area contributed by atoms with Crippen LogP contribution in [0, 0.1) is 0 Å². The SMILES string of the molecule is CC(C)c1ccccc1-c1ccc2c(c1)[C@@H](O)C[C@@]21CCN(C(=O)c2csc(Cl)n2)C1. The van der Waals surface area contributed by atoms with E-state index in [1.54, 1.807) is 5.38 Å². The van der Waals surface area contributed by atoms with Crippen LogP contribution in [0.2, 0.25) is 4.47 Å². The summed E-state index contributed by atoms with van der Waals surface area (Å²) in [6, 6.07) is 15.0. The van der Waals surface area contributed by atoms with E-state index in [9.17, 15) is 9.90 Å². The normalized spacial score (nSPS) is 22.5. The van der Waals surface area contributed by atoms with Crippen molar-refractivity contribution in [2.75, 3.05) is 13.1 Å². The monoisotopic (exact) mass is 452 g/mol. The average Bonchev–Trinajstić information content (AvgIpc) is 3.46. The lowest BCUT2D eigenvalue weighted by Gasteiger charge is -2.25. The van der Waals surface area contributed by atoms with Gasteiger partial charge in [0.1, 0.15) is 5.69 Å². The smallest absolute Gasteiger partial charge is 0.273 e. The highest BCUT2D eigenvalue weighted by atomic mass is 35.5. The molecular formula is C25H25ClN2O2S. The lowest BCUT2D eigenvalue weighted by Crippen LogP contribution is -2.33. The quantitative estimate of drug-likeness (QED) is 0.545. The third-order valence-electron chi connectivity index (χ3n) is 6.80. The van der Waals surface area contributed by atoms with Gasteiger partial charge in [0.2, 0.25) is 0 Å². The Morgan fingerprint density at radius 1 is 1.29 bits per heavy atom. The molecule has 160 valence electrons. The molecule has 1 amide bonds. The topological polar surface area (TPSA) is 53.4 Å². The van der Waals surface area contributed by atoms with Crippen LogP contribution in [0.5, 0.6) is 0 Å². The fourth-order valence-electron chi connectivity index (χ4n) is 5.29. The molecule has 5 rings (SSSR count). The van der Waals surface area contributed by atoms with Crippen LogP contribution in [0.3, 0.4) is 0 Å². The molecule has 0 unspecified atom stereocenters. The van der Waals surface area contributed by atoms with E-state index < -0.39 is 6.10 Å². The van der Waals surface area contributed by atoms with Crippen molar-refractivity contribution in [1.82, 2.24) is 9.88 Å². The number of likely N-dealkylation sites (tertiary alicyclic amines) is 1. The predicted molar refractivity (Wildman–Crippen MR) is 125 cm³/mol. The molecule has 1 aliphatic heterocycles. The number of fused-ring (bicyclic) bond motifs is 2. The summed E-state index contributed by atoms with van der Waals surface area (Å²) >= 11 is 7.19. The van der Waals surface area contributed by atoms with Gasteiger partial charge in [-0.3, -0.25) is 4.79 Å². The number of thiazole rings is 1. The Bertz CT molecular complexity index is 1160. The number of carbonyl (C=O) groups excluding carboxylic acids is 1. The Labute approximate surface area is 191 Å². The number of aromatic nitrogens is 1. The minimum Gasteiger partial charge on any atom is -0.388 e. The highest BCUT2D eigenvalue weighted by Gasteiger charge is 2.48. The fraction of sp³-hybridized carbons (Fsp3) is 0.360. The van der Waals surface area contributed by atoms with Crippen LogP contribution < -0.4 is 0 Å². The Morgan fingerprint density at radius 2 is 2.10 bits per heavy atom. The second-order valence-electron chi connectivity index (χ2n) is 9.01. The fourth-order valence-corrected chi connectivity index (χ4v) is 6.02. The van der Waals surface area contributed by atoms with E-state index in [1.807, 2.05) is 4.90 Å². The van der Waals surface area contributed by atoms with Gasteiger partial charge >= 0.3 is 0 Å². The van der Waals surface area contributed by atoms with Gasteiger partial charge in [-0.05, 0) is 52.6 Å². The van der Waals surface area contributed by atoms with Gasteiger partial charge in [0.25, 0.3) is 5.91 Å². The van der Waals surface area contributed by atoms with Crippen LogP contribution in [-0.2, 0) is 5.41 Å². The molecule has 1 aliphatic carbocycles. The molecule has 2 aromatic carbocycles. The molecule has 2 aliphatic rings. The van der Waals surface area contributed by atoms with E-state index in [4.69, 9.17) is 11.6 Å². The number of aliphatic hydroxyl groups is 1. The Kier molecular flexibility index (Phi) is 5.16. The number of benzene rings is 2. The summed E-state index contributed by atoms with van der Waals surface area (Å²) in [5, 5.41) is 12.7. The van der Waals surface area contributed by atoms with Crippen LogP contribution in [0.1, 0.15) is 65.9 Å². The Hall–Kier alpha value is -2.21. The average molecular weight is 453 g/mol. The van der Waals surface area contributed by atoms with Crippen molar-refractivity contribution in [3.05, 3.63) is 74.7 Å². The molecule has 0 bridgehead atoms. The first-order chi connectivity index (χ1) is 14.9. The minimum absolute atomic E-state index is 0.0783. The van der Waals surface area contributed by atoms with E-state index in [1.165, 1.54) is 28.0 Å². The molecule has 31 heavy (non-hydrogen) atoms. The molecule has 0 saturated carbocycles. The van der Waals surface area contributed by atoms with Gasteiger partial charge in [-0.1, -0.05) is 61.8 Å². The second kappa shape index (κ2) is 7.73. The number of halogens is 1. The highest BCUT2D eigenvalue weighted by molar-refractivity contribution is 7.14. The van der Waals surface area contributed by atoms with Crippen LogP contribution in [0.4, 0.5) is 0 Å². The van der Waals surface area contributed by atoms with Gasteiger partial charge in [-0.2, -0.15) is 0 Å². The lowest BCUT2D eigenvalue weighted by atomic mass is 9.80. The zero-order valence-corrected chi connectivity index (χ0v) is 19.2. The summed E-state index contributed by atoms with van der Waals surface area (Å²) in [4.78, 5) is 18.9. The molecule has 3 aromatic rings. The molecule has 2 atom stereocenters. The number of nitrogens with zero attached hydrogens (tertiary/aromatic N) is 2. The summed E-state index contributed by atoms with van der Waals surface area (Å²) in [5.41, 5.74) is 6.06. The maximum Gasteiger partial charge on any atom is 0.273 e. The molecule has 2 heterocycles. The standard InChI is InChI=1S/C25H25ClN2O2S/c1-15(2)17-5-3-4-6-18(17)16-7-8-20-19(11-16)22(29)12-25(20)9-10-28(14-25)23(30)21-13-31-24(26)27-21/h3-8,11,13,15,22,29H,9-10,12,14H2,1-2H3/t22-,25+/m0/s1. The maximum atomic E-state index is 12.9. The first kappa shape index (κ1) is 20.7. The minimum atomic E-state index is -0.509. The zero-order valence-electron chi connectivity index (χ0n) is 17.6. The van der Waals surface area contributed by atoms with E-state index in [-0.39, 0.29) is 11.3 Å². The van der Waals surface area contributed by atoms with Crippen molar-refractivity contribution < 1.29 is 9.90 Å². The molecule has 6 heteroatoms. The molecular weight excluding hydrogens is 428 g/mol. The molecule has 1 spiro atoms. The number of hydrogen-bond acceptors (Lipinski definition) is 4. The third kappa shape index (κ3) is 3.49. The van der Waals surface area contributed by atoms with Gasteiger partial charge in [0.15, 0.2) is 4.47 Å². The van der Waals surface area contributed by atoms with Crippen molar-refractivity contribution in [3.63, 3.8) is 0 Å². The molecule has 1 aromatic heterocycles. The number of hydrogen-bond donors (Lipinski definition) is 1. The summed E-state index contributed by atoms with van der Waals surface area (Å²) in [7, 11) is 0. The van der Waals surface area contributed by atoms with Gasteiger partial charge in [0.05, 0.1) is 6.10 Å². The molecule has 1 saturated heterocycles. The van der Waals surface area contributed by atoms with Crippen LogP contribution in [0.15, 0.2) is 47.8 Å². The van der Waals surface area contributed by atoms with Gasteiger partial charge in [-0.25, -0.2) is 4.98 Å². The molecule has 1 fully saturated rings. The summed E-state index contributed by atoms with van der Waals surface area (Å²) in [5.74, 6) is 0.347. The van der Waals surface area contributed by atoms with Crippen LogP contribution >= 0.6 is 22.9 Å². The number of carbonyl (C=O) groups is 1. The van der Waals surface area contributed by atoms with Gasteiger partial charge < -0.3 is 10.0 Å². The van der Waals surface area contributed by atoms with E-state index in [0.29, 0.717) is 35.6 Å². The molecule has 1 N–H and O–H groups in total. The Morgan fingerprint density at radius 3 is 2.84 bits per heavy atom. The van der Waals surface area contributed by atoms with E-state index >= 15 is 0 Å².